The summed E-state index contributed by atoms with van der Waals surface area (Å²) in [5.41, 5.74) is 0.821. The number of thiazole rings is 1. The Morgan fingerprint density at radius 3 is 2.68 bits per heavy atom. The van der Waals surface area contributed by atoms with E-state index < -0.39 is 5.97 Å². The van der Waals surface area contributed by atoms with Gasteiger partial charge in [-0.05, 0) is 32.0 Å². The highest BCUT2D eigenvalue weighted by atomic mass is 32.1. The first-order valence-electron chi connectivity index (χ1n) is 7.48. The molecule has 9 heteroatoms. The van der Waals surface area contributed by atoms with E-state index in [2.05, 4.69) is 20.9 Å². The molecule has 1 heterocycles. The molecular weight excluding hydrogens is 344 g/mol. The Labute approximate surface area is 148 Å². The van der Waals surface area contributed by atoms with Gasteiger partial charge in [-0.3, -0.25) is 4.79 Å². The Morgan fingerprint density at radius 2 is 2.04 bits per heavy atom. The van der Waals surface area contributed by atoms with Gasteiger partial charge in [-0.2, -0.15) is 0 Å². The summed E-state index contributed by atoms with van der Waals surface area (Å²) in [6, 6.07) is 6.16. The Hall–Kier alpha value is -2.94. The zero-order valence-corrected chi connectivity index (χ0v) is 14.5. The third-order valence-corrected chi connectivity index (χ3v) is 3.82. The molecule has 0 bridgehead atoms. The lowest BCUT2D eigenvalue weighted by molar-refractivity contribution is 0.0691. The normalized spacial score (nSPS) is 10.4. The summed E-state index contributed by atoms with van der Waals surface area (Å²) >= 11 is 1.16. The monoisotopic (exact) mass is 362 g/mol. The lowest BCUT2D eigenvalue weighted by atomic mass is 10.2. The summed E-state index contributed by atoms with van der Waals surface area (Å²) in [4.78, 5) is 38.6. The minimum Gasteiger partial charge on any atom is -0.476 e. The molecule has 1 aromatic heterocycles. The maximum Gasteiger partial charge on any atom is 0.355 e. The number of aromatic nitrogens is 1. The molecule has 132 valence electrons. The van der Waals surface area contributed by atoms with Crippen molar-refractivity contribution in [3.05, 3.63) is 45.9 Å². The van der Waals surface area contributed by atoms with E-state index in [1.54, 1.807) is 24.3 Å². The Kier molecular flexibility index (Phi) is 6.07. The summed E-state index contributed by atoms with van der Waals surface area (Å²) in [6.45, 7) is 3.82. The van der Waals surface area contributed by atoms with Crippen LogP contribution in [0.4, 0.5) is 10.5 Å². The fourth-order valence-corrected chi connectivity index (χ4v) is 2.62. The van der Waals surface area contributed by atoms with Gasteiger partial charge in [0.05, 0.1) is 6.54 Å². The summed E-state index contributed by atoms with van der Waals surface area (Å²) in [7, 11) is 0. The second-order valence-electron chi connectivity index (χ2n) is 5.45. The number of amides is 3. The van der Waals surface area contributed by atoms with Crippen molar-refractivity contribution in [2.45, 2.75) is 26.4 Å². The van der Waals surface area contributed by atoms with Crippen molar-refractivity contribution < 1.29 is 19.5 Å². The van der Waals surface area contributed by atoms with Crippen LogP contribution in [0.15, 0.2) is 29.6 Å². The lowest BCUT2D eigenvalue weighted by Crippen LogP contribution is -2.34. The molecule has 0 aliphatic rings. The number of carbonyl (C=O) groups is 3. The number of nitrogens with one attached hydrogen (secondary N) is 3. The van der Waals surface area contributed by atoms with Gasteiger partial charge in [0.1, 0.15) is 5.01 Å². The number of carbonyl (C=O) groups excluding carboxylic acids is 2. The Morgan fingerprint density at radius 1 is 1.28 bits per heavy atom. The molecule has 8 nitrogen and oxygen atoms in total. The quantitative estimate of drug-likeness (QED) is 0.628. The fourth-order valence-electron chi connectivity index (χ4n) is 1.92. The maximum absolute atomic E-state index is 12.2. The van der Waals surface area contributed by atoms with Crippen LogP contribution in [0.25, 0.3) is 0 Å². The number of nitrogens with zero attached hydrogens (tertiary/aromatic N) is 1. The van der Waals surface area contributed by atoms with Crippen LogP contribution in [0.5, 0.6) is 0 Å². The van der Waals surface area contributed by atoms with E-state index in [1.807, 2.05) is 13.8 Å². The van der Waals surface area contributed by atoms with E-state index >= 15 is 0 Å². The van der Waals surface area contributed by atoms with E-state index in [0.29, 0.717) is 16.3 Å². The van der Waals surface area contributed by atoms with Crippen LogP contribution < -0.4 is 16.0 Å². The second kappa shape index (κ2) is 8.25. The molecule has 0 saturated carbocycles. The average molecular weight is 362 g/mol. The van der Waals surface area contributed by atoms with Crippen molar-refractivity contribution in [3.63, 3.8) is 0 Å². The van der Waals surface area contributed by atoms with Gasteiger partial charge in [0, 0.05) is 22.7 Å². The predicted octanol–water partition coefficient (Wildman–Crippen LogP) is 2.30. The number of carboxylic acids is 1. The van der Waals surface area contributed by atoms with Crippen LogP contribution in [0, 0.1) is 0 Å². The molecule has 0 atom stereocenters. The van der Waals surface area contributed by atoms with Gasteiger partial charge in [0.25, 0.3) is 5.91 Å². The molecule has 0 unspecified atom stereocenters. The van der Waals surface area contributed by atoms with Crippen molar-refractivity contribution in [2.24, 2.45) is 0 Å². The fraction of sp³-hybridized carbons (Fsp3) is 0.250. The molecular formula is C16H18N4O4S. The van der Waals surface area contributed by atoms with Gasteiger partial charge in [-0.1, -0.05) is 6.07 Å². The molecule has 0 fully saturated rings. The molecule has 0 radical (unpaired) electrons. The molecule has 0 aliphatic carbocycles. The molecule has 0 saturated heterocycles. The van der Waals surface area contributed by atoms with Crippen molar-refractivity contribution in [3.8, 4) is 0 Å². The van der Waals surface area contributed by atoms with E-state index in [-0.39, 0.29) is 30.2 Å². The number of hydrogen-bond donors (Lipinski definition) is 4. The van der Waals surface area contributed by atoms with Crippen molar-refractivity contribution in [1.29, 1.82) is 0 Å². The molecule has 2 rings (SSSR count). The van der Waals surface area contributed by atoms with E-state index in [0.717, 1.165) is 11.3 Å². The van der Waals surface area contributed by atoms with Crippen LogP contribution in [0.1, 0.15) is 39.7 Å². The third-order valence-electron chi connectivity index (χ3n) is 2.97. The van der Waals surface area contributed by atoms with Crippen molar-refractivity contribution in [1.82, 2.24) is 15.6 Å². The predicted molar refractivity (Wildman–Crippen MR) is 94.0 cm³/mol. The highest BCUT2D eigenvalue weighted by Crippen LogP contribution is 2.12. The van der Waals surface area contributed by atoms with Crippen molar-refractivity contribution in [2.75, 3.05) is 5.32 Å². The Bertz CT molecular complexity index is 788. The molecule has 2 aromatic rings. The van der Waals surface area contributed by atoms with E-state index in [9.17, 15) is 14.4 Å². The first-order chi connectivity index (χ1) is 11.8. The van der Waals surface area contributed by atoms with Crippen LogP contribution >= 0.6 is 11.3 Å². The number of carboxylic acid groups (broad SMARTS) is 1. The number of benzene rings is 1. The topological polar surface area (TPSA) is 120 Å². The SMILES string of the molecule is CC(C)NC(=O)Nc1cccc(C(=O)NCc2nc(C(=O)O)cs2)c1. The lowest BCUT2D eigenvalue weighted by Gasteiger charge is -2.11. The first kappa shape index (κ1) is 18.4. The molecule has 3 amide bonds. The number of rotatable bonds is 6. The third kappa shape index (κ3) is 5.57. The average Bonchev–Trinajstić information content (AvgIpc) is 3.01. The molecule has 4 N–H and O–H groups in total. The van der Waals surface area contributed by atoms with Gasteiger partial charge in [0.15, 0.2) is 5.69 Å². The van der Waals surface area contributed by atoms with Crippen LogP contribution in [-0.4, -0.2) is 34.0 Å². The summed E-state index contributed by atoms with van der Waals surface area (Å²) < 4.78 is 0. The van der Waals surface area contributed by atoms with E-state index in [4.69, 9.17) is 5.11 Å². The van der Waals surface area contributed by atoms with Gasteiger partial charge in [-0.15, -0.1) is 11.3 Å². The minimum absolute atomic E-state index is 0.000436. The van der Waals surface area contributed by atoms with E-state index in [1.165, 1.54) is 5.38 Å². The molecule has 25 heavy (non-hydrogen) atoms. The van der Waals surface area contributed by atoms with Crippen LogP contribution in [-0.2, 0) is 6.54 Å². The summed E-state index contributed by atoms with van der Waals surface area (Å²) in [6.07, 6.45) is 0. The first-order valence-corrected chi connectivity index (χ1v) is 8.36. The van der Waals surface area contributed by atoms with Gasteiger partial charge in [-0.25, -0.2) is 14.6 Å². The zero-order valence-electron chi connectivity index (χ0n) is 13.7. The smallest absolute Gasteiger partial charge is 0.355 e. The molecule has 0 aliphatic heterocycles. The zero-order chi connectivity index (χ0) is 18.4. The number of urea groups is 1. The standard InChI is InChI=1S/C16H18N4O4S/c1-9(2)18-16(24)19-11-5-3-4-10(6-11)14(21)17-7-13-20-12(8-25-13)15(22)23/h3-6,8-9H,7H2,1-2H3,(H,17,21)(H,22,23)(H2,18,19,24). The molecule has 1 aromatic carbocycles. The molecule has 0 spiro atoms. The van der Waals surface area contributed by atoms with Crippen LogP contribution in [0.2, 0.25) is 0 Å². The van der Waals surface area contributed by atoms with Crippen LogP contribution in [0.3, 0.4) is 0 Å². The van der Waals surface area contributed by atoms with Gasteiger partial charge < -0.3 is 21.1 Å². The minimum atomic E-state index is -1.10. The van der Waals surface area contributed by atoms with Gasteiger partial charge in [0.2, 0.25) is 0 Å². The number of anilines is 1. The Balaban J connectivity index is 1.95. The highest BCUT2D eigenvalue weighted by Gasteiger charge is 2.11. The van der Waals surface area contributed by atoms with Crippen molar-refractivity contribution >= 4 is 34.9 Å². The maximum atomic E-state index is 12.2. The summed E-state index contributed by atoms with van der Waals surface area (Å²) in [5, 5.41) is 18.8. The highest BCUT2D eigenvalue weighted by molar-refractivity contribution is 7.09. The number of hydrogen-bond acceptors (Lipinski definition) is 5. The number of aromatic carboxylic acids is 1. The largest absolute Gasteiger partial charge is 0.476 e. The summed E-state index contributed by atoms with van der Waals surface area (Å²) in [5.74, 6) is -1.45. The van der Waals surface area contributed by atoms with Gasteiger partial charge >= 0.3 is 12.0 Å². The second-order valence-corrected chi connectivity index (χ2v) is 6.39.